The molecule has 0 spiro atoms. The van der Waals surface area contributed by atoms with Gasteiger partial charge in [-0.3, -0.25) is 19.3 Å². The van der Waals surface area contributed by atoms with Crippen molar-refractivity contribution in [1.29, 1.82) is 0 Å². The van der Waals surface area contributed by atoms with Crippen molar-refractivity contribution in [2.75, 3.05) is 19.0 Å². The number of ether oxygens (including phenoxy) is 2. The van der Waals surface area contributed by atoms with Crippen LogP contribution < -0.4 is 14.8 Å². The Kier molecular flexibility index (Phi) is 8.72. The molecule has 7 nitrogen and oxygen atoms in total. The number of carbonyl (C=O) groups is 3. The number of benzene rings is 3. The summed E-state index contributed by atoms with van der Waals surface area (Å²) < 4.78 is 25.1. The predicted molar refractivity (Wildman–Crippen MR) is 149 cm³/mol. The van der Waals surface area contributed by atoms with Gasteiger partial charge < -0.3 is 14.8 Å². The van der Waals surface area contributed by atoms with E-state index in [-0.39, 0.29) is 29.0 Å². The lowest BCUT2D eigenvalue weighted by molar-refractivity contribution is -0.123. The zero-order chi connectivity index (χ0) is 26.5. The van der Waals surface area contributed by atoms with Crippen molar-refractivity contribution in [3.63, 3.8) is 0 Å². The first-order chi connectivity index (χ1) is 17.7. The number of methoxy groups -OCH3 is 1. The van der Waals surface area contributed by atoms with Gasteiger partial charge in [0.25, 0.3) is 17.1 Å². The second kappa shape index (κ2) is 12.0. The van der Waals surface area contributed by atoms with Crippen molar-refractivity contribution in [3.05, 3.63) is 91.1 Å². The van der Waals surface area contributed by atoms with E-state index in [9.17, 15) is 18.8 Å². The molecule has 0 radical (unpaired) electrons. The molecule has 1 saturated heterocycles. The van der Waals surface area contributed by atoms with Crippen molar-refractivity contribution >= 4 is 74.8 Å². The van der Waals surface area contributed by atoms with Crippen molar-refractivity contribution in [1.82, 2.24) is 4.90 Å². The summed E-state index contributed by atoms with van der Waals surface area (Å²) in [4.78, 5) is 39.0. The summed E-state index contributed by atoms with van der Waals surface area (Å²) in [5, 5.41) is 2.42. The zero-order valence-electron chi connectivity index (χ0n) is 19.3. The van der Waals surface area contributed by atoms with Crippen LogP contribution in [0.2, 0.25) is 5.02 Å². The van der Waals surface area contributed by atoms with Crippen molar-refractivity contribution in [2.24, 2.45) is 0 Å². The van der Waals surface area contributed by atoms with E-state index in [1.165, 1.54) is 19.2 Å². The first kappa shape index (κ1) is 27.0. The first-order valence-corrected chi connectivity index (χ1v) is 13.1. The van der Waals surface area contributed by atoms with Gasteiger partial charge in [0.05, 0.1) is 22.1 Å². The number of hydrogen-bond acceptors (Lipinski definition) is 6. The maximum absolute atomic E-state index is 13.3. The van der Waals surface area contributed by atoms with Gasteiger partial charge in [-0.2, -0.15) is 0 Å². The van der Waals surface area contributed by atoms with Crippen LogP contribution in [-0.4, -0.2) is 35.7 Å². The maximum Gasteiger partial charge on any atom is 0.293 e. The lowest BCUT2D eigenvalue weighted by Crippen LogP contribution is -2.27. The molecule has 0 bridgehead atoms. The molecule has 1 heterocycles. The molecule has 1 aliphatic heterocycles. The van der Waals surface area contributed by atoms with E-state index in [0.29, 0.717) is 31.9 Å². The molecule has 3 aromatic rings. The monoisotopic (exact) mass is 652 g/mol. The number of halogens is 3. The summed E-state index contributed by atoms with van der Waals surface area (Å²) in [6.45, 7) is -0.300. The Morgan fingerprint density at radius 2 is 1.92 bits per heavy atom. The molecule has 1 aliphatic rings. The Bertz CT molecular complexity index is 1400. The van der Waals surface area contributed by atoms with Gasteiger partial charge in [0, 0.05) is 10.7 Å². The topological polar surface area (TPSA) is 84.9 Å². The maximum atomic E-state index is 13.3. The SMILES string of the molecule is COc1cc(/C=C2\SC(=O)N(Cc3ccc(F)cc3Cl)C2=O)cc(I)c1OCC(=O)Nc1ccccc1. The molecule has 37 heavy (non-hydrogen) atoms. The molecule has 1 fully saturated rings. The number of nitrogens with one attached hydrogen (secondary N) is 1. The molecule has 1 N–H and O–H groups in total. The minimum absolute atomic E-state index is 0.0696. The Labute approximate surface area is 235 Å². The molecule has 3 amide bonds. The lowest BCUT2D eigenvalue weighted by atomic mass is 10.1. The third-order valence-electron chi connectivity index (χ3n) is 5.17. The highest BCUT2D eigenvalue weighted by molar-refractivity contribution is 14.1. The summed E-state index contributed by atoms with van der Waals surface area (Å²) in [5.41, 5.74) is 1.72. The molecular weight excluding hydrogens is 634 g/mol. The Balaban J connectivity index is 1.48. The van der Waals surface area contributed by atoms with Crippen molar-refractivity contribution in [2.45, 2.75) is 6.54 Å². The first-order valence-electron chi connectivity index (χ1n) is 10.8. The predicted octanol–water partition coefficient (Wildman–Crippen LogP) is 6.35. The number of nitrogens with zero attached hydrogens (tertiary/aromatic N) is 1. The summed E-state index contributed by atoms with van der Waals surface area (Å²) >= 11 is 8.90. The minimum Gasteiger partial charge on any atom is -0.493 e. The molecule has 0 unspecified atom stereocenters. The largest absolute Gasteiger partial charge is 0.493 e. The number of anilines is 1. The van der Waals surface area contributed by atoms with Crippen LogP contribution >= 0.6 is 46.0 Å². The van der Waals surface area contributed by atoms with Crippen LogP contribution in [0.15, 0.2) is 65.6 Å². The Hall–Kier alpha value is -3.09. The van der Waals surface area contributed by atoms with Crippen LogP contribution in [0.3, 0.4) is 0 Å². The van der Waals surface area contributed by atoms with Gasteiger partial charge in [0.2, 0.25) is 0 Å². The van der Waals surface area contributed by atoms with Crippen molar-refractivity contribution < 1.29 is 28.2 Å². The van der Waals surface area contributed by atoms with Crippen LogP contribution in [0.1, 0.15) is 11.1 Å². The second-order valence-corrected chi connectivity index (χ2v) is 10.3. The molecule has 190 valence electrons. The lowest BCUT2D eigenvalue weighted by Gasteiger charge is -2.14. The average molecular weight is 653 g/mol. The summed E-state index contributed by atoms with van der Waals surface area (Å²) in [6, 6.07) is 16.2. The van der Waals surface area contributed by atoms with Gasteiger partial charge >= 0.3 is 0 Å². The fourth-order valence-corrected chi connectivity index (χ4v) is 5.27. The van der Waals surface area contributed by atoms with E-state index in [1.807, 2.05) is 40.8 Å². The molecule has 4 rings (SSSR count). The van der Waals surface area contributed by atoms with Crippen molar-refractivity contribution in [3.8, 4) is 11.5 Å². The third-order valence-corrected chi connectivity index (χ3v) is 7.23. The van der Waals surface area contributed by atoms with E-state index in [0.717, 1.165) is 22.7 Å². The smallest absolute Gasteiger partial charge is 0.293 e. The van der Waals surface area contributed by atoms with E-state index in [2.05, 4.69) is 5.32 Å². The van der Waals surface area contributed by atoms with Crippen LogP contribution in [0.5, 0.6) is 11.5 Å². The van der Waals surface area contributed by atoms with E-state index in [4.69, 9.17) is 21.1 Å². The van der Waals surface area contributed by atoms with Gasteiger partial charge in [-0.1, -0.05) is 35.9 Å². The normalized spacial score (nSPS) is 14.3. The number of rotatable bonds is 8. The second-order valence-electron chi connectivity index (χ2n) is 7.74. The van der Waals surface area contributed by atoms with Crippen LogP contribution in [0.25, 0.3) is 6.08 Å². The fourth-order valence-electron chi connectivity index (χ4n) is 3.43. The number of hydrogen-bond donors (Lipinski definition) is 1. The molecule has 0 saturated carbocycles. The van der Waals surface area contributed by atoms with Gasteiger partial charge in [0.1, 0.15) is 5.82 Å². The number of thioether (sulfide) groups is 1. The molecule has 0 atom stereocenters. The van der Waals surface area contributed by atoms with E-state index >= 15 is 0 Å². The van der Waals surface area contributed by atoms with Gasteiger partial charge in [-0.05, 0) is 88.0 Å². The van der Waals surface area contributed by atoms with E-state index < -0.39 is 17.0 Å². The number of amides is 3. The highest BCUT2D eigenvalue weighted by Crippen LogP contribution is 2.38. The average Bonchev–Trinajstić information content (AvgIpc) is 3.12. The Morgan fingerprint density at radius 3 is 2.62 bits per heavy atom. The highest BCUT2D eigenvalue weighted by Gasteiger charge is 2.35. The van der Waals surface area contributed by atoms with Gasteiger partial charge in [-0.25, -0.2) is 4.39 Å². The van der Waals surface area contributed by atoms with Gasteiger partial charge in [-0.15, -0.1) is 0 Å². The molecule has 11 heteroatoms. The number of imide groups is 1. The number of carbonyl (C=O) groups excluding carboxylic acids is 3. The Morgan fingerprint density at radius 1 is 1.16 bits per heavy atom. The standard InChI is InChI=1S/C26H19ClFIN2O5S/c1-35-21-10-15(9-20(29)24(21)36-14-23(32)30-18-5-3-2-4-6-18)11-22-25(33)31(26(34)37-22)13-16-7-8-17(28)12-19(16)27/h2-12H,13-14H2,1H3,(H,30,32)/b22-11-. The quantitative estimate of drug-likeness (QED) is 0.226. The zero-order valence-corrected chi connectivity index (χ0v) is 23.0. The van der Waals surface area contributed by atoms with Crippen LogP contribution in [-0.2, 0) is 16.1 Å². The van der Waals surface area contributed by atoms with Crippen LogP contribution in [0, 0.1) is 9.39 Å². The minimum atomic E-state index is -0.504. The molecular formula is C26H19ClFIN2O5S. The number of para-hydroxylation sites is 1. The summed E-state index contributed by atoms with van der Waals surface area (Å²) in [5.74, 6) is -0.577. The summed E-state index contributed by atoms with van der Waals surface area (Å²) in [7, 11) is 1.46. The van der Waals surface area contributed by atoms with Crippen LogP contribution in [0.4, 0.5) is 14.9 Å². The highest BCUT2D eigenvalue weighted by atomic mass is 127. The molecule has 0 aliphatic carbocycles. The molecule has 3 aromatic carbocycles. The van der Waals surface area contributed by atoms with Gasteiger partial charge in [0.15, 0.2) is 18.1 Å². The fraction of sp³-hybridized carbons (Fsp3) is 0.115. The third kappa shape index (κ3) is 6.62. The summed E-state index contributed by atoms with van der Waals surface area (Å²) in [6.07, 6.45) is 1.58. The molecule has 0 aromatic heterocycles. The van der Waals surface area contributed by atoms with E-state index in [1.54, 1.807) is 30.3 Å².